The van der Waals surface area contributed by atoms with Crippen molar-refractivity contribution in [3.8, 4) is 0 Å². The Morgan fingerprint density at radius 1 is 0.449 bits per heavy atom. The van der Waals surface area contributed by atoms with Gasteiger partial charge < -0.3 is 94.2 Å². The van der Waals surface area contributed by atoms with Crippen molar-refractivity contribution >= 4 is 93.2 Å². The second kappa shape index (κ2) is 67.5. The molecule has 20 N–H and O–H groups in total. The van der Waals surface area contributed by atoms with Gasteiger partial charge in [-0.1, -0.05) is 32.4 Å². The topological polar surface area (TPSA) is 617 Å². The van der Waals surface area contributed by atoms with Crippen molar-refractivity contribution in [2.45, 2.75) is 202 Å². The molecule has 3 unspecified atom stereocenters. The summed E-state index contributed by atoms with van der Waals surface area (Å²) in [5.74, 6) is -4.64. The van der Waals surface area contributed by atoms with Gasteiger partial charge in [-0.2, -0.15) is 38.4 Å². The van der Waals surface area contributed by atoms with Gasteiger partial charge in [-0.3, -0.25) is 33.1 Å². The number of nitrogens with one attached hydrogen (secondary N) is 8. The number of amides is 6. The fourth-order valence-electron chi connectivity index (χ4n) is 7.09. The van der Waals surface area contributed by atoms with E-state index in [9.17, 15) is 52.4 Å². The number of carbonyl (C=O) groups is 8. The standard InChI is InChI=1S/C18H29N3O3.C15H31N3O3.C9H20NO4P.C8H17N3O3.C6H13O5P.4CO2/c1-13(5-10-16(22)23)20-17(24)19-12-11-14-6-8-15(9-7-14)21-18(2,3)4;1-12(8-9-13(19)20)18-14(21)16-10-6-5-7-11-17-15(2,3)4;1-8(3-4-9(11)12)7-15(13,14)6-2-5-10;1-6(2-3-7(12)13)11-8(14)10-5-4-9;1-5(2-3-6(7)8)4-12(9,10)11;4*2-1-3/h6-9,13,21H,5,10-12H2,1-4H3,(H,22,23)(H2,19,20,24);12,17H,5-11H2,1-4H3,(H,19,20)(H2,16,18,21);8H,2-7,10H2,1H3,(H,11,12)(H,13,14);6H,2-5,9H2,1H3,(H,12,13)(H2,10,11,14);5H,2-4H2,1H3,(H,7,8)(H2,9,10,11);;;;/t13-;12-;;6-;;;;;/m11.1...../s1. The van der Waals surface area contributed by atoms with Crippen molar-refractivity contribution < 1.29 is 126 Å². The van der Waals surface area contributed by atoms with E-state index in [1.807, 2.05) is 24.3 Å². The maximum atomic E-state index is 11.7. The van der Waals surface area contributed by atoms with Crippen LogP contribution in [0, 0.1) is 11.8 Å². The second-order valence-corrected chi connectivity index (χ2v) is 27.9. The van der Waals surface area contributed by atoms with E-state index < -0.39 is 44.8 Å². The third-order valence-corrected chi connectivity index (χ3v) is 14.8. The van der Waals surface area contributed by atoms with Crippen LogP contribution in [0.2, 0.25) is 0 Å². The summed E-state index contributed by atoms with van der Waals surface area (Å²) in [6, 6.07) is 6.92. The summed E-state index contributed by atoms with van der Waals surface area (Å²) in [7, 11) is -7.07. The minimum absolute atomic E-state index is 0.0263. The third-order valence-electron chi connectivity index (χ3n) is 11.5. The van der Waals surface area contributed by atoms with E-state index in [4.69, 9.17) is 85.1 Å². The number of hydrogen-bond donors (Lipinski definition) is 18. The van der Waals surface area contributed by atoms with E-state index in [0.29, 0.717) is 71.2 Å². The Balaban J connectivity index is -0.000000168. The van der Waals surface area contributed by atoms with E-state index in [1.54, 1.807) is 34.6 Å². The van der Waals surface area contributed by atoms with Crippen molar-refractivity contribution in [2.75, 3.05) is 63.1 Å². The van der Waals surface area contributed by atoms with Gasteiger partial charge in [-0.15, -0.1) is 0 Å². The Labute approximate surface area is 572 Å². The molecule has 0 radical (unpaired) electrons. The highest BCUT2D eigenvalue weighted by atomic mass is 31.2. The molecule has 0 aromatic heterocycles. The number of carboxylic acids is 5. The molecule has 98 heavy (non-hydrogen) atoms. The average Bonchev–Trinajstić information content (AvgIpc) is 0.904. The first kappa shape index (κ1) is 106. The van der Waals surface area contributed by atoms with E-state index in [-0.39, 0.29) is 134 Å². The van der Waals surface area contributed by atoms with Gasteiger partial charge in [0, 0.05) is 105 Å². The summed E-state index contributed by atoms with van der Waals surface area (Å²) in [6.07, 6.45) is 7.82. The maximum Gasteiger partial charge on any atom is 0.373 e. The predicted octanol–water partition coefficient (Wildman–Crippen LogP) is 4.02. The number of carbonyl (C=O) groups excluding carboxylic acids is 11. The zero-order valence-corrected chi connectivity index (χ0v) is 59.9. The SMILES string of the molecule is CC(CCC(=O)O)CP(=O)(O)CCCN.CC(CCC(=O)O)CP(=O)(O)O.C[C@H](CCC(=O)O)NC(=O)NCCCCCNC(C)(C)C.C[C@H](CCC(=O)O)NC(=O)NCCN.C[C@H](CCC(=O)O)NC(=O)NCCc1ccc(NC(C)(C)C)cc1.O=C=O.O=C=O.O=C=O.O=C=O. The monoisotopic (exact) mass is 1450 g/mol. The van der Waals surface area contributed by atoms with Crippen LogP contribution in [0.5, 0.6) is 0 Å². The first-order chi connectivity index (χ1) is 45.3. The molecule has 0 bridgehead atoms. The number of carboxylic acid groups (broad SMARTS) is 5. The molecule has 6 atom stereocenters. The molecule has 566 valence electrons. The van der Waals surface area contributed by atoms with Crippen molar-refractivity contribution in [3.63, 3.8) is 0 Å². The van der Waals surface area contributed by atoms with Gasteiger partial charge in [-0.25, -0.2) is 14.4 Å². The van der Waals surface area contributed by atoms with Crippen molar-refractivity contribution in [1.82, 2.24) is 37.2 Å². The number of aliphatic carboxylic acids is 5. The highest BCUT2D eigenvalue weighted by Crippen LogP contribution is 2.43. The Hall–Kier alpha value is -8.08. The smallest absolute Gasteiger partial charge is 0.373 e. The van der Waals surface area contributed by atoms with Crippen molar-refractivity contribution in [3.05, 3.63) is 29.8 Å². The maximum absolute atomic E-state index is 11.7. The van der Waals surface area contributed by atoms with Gasteiger partial charge in [0.2, 0.25) is 7.37 Å². The molecule has 0 saturated heterocycles. The Morgan fingerprint density at radius 2 is 0.776 bits per heavy atom. The molecule has 0 aliphatic rings. The molecule has 0 spiro atoms. The summed E-state index contributed by atoms with van der Waals surface area (Å²) in [6.45, 7) is 24.9. The number of unbranched alkanes of at least 4 members (excludes halogenated alkanes) is 2. The van der Waals surface area contributed by atoms with Gasteiger partial charge in [0.25, 0.3) is 0 Å². The number of benzene rings is 1. The number of nitrogens with two attached hydrogens (primary N) is 2. The lowest BCUT2D eigenvalue weighted by Gasteiger charge is -2.22. The minimum Gasteiger partial charge on any atom is -0.481 e. The molecule has 0 aliphatic carbocycles. The molecule has 1 rings (SSSR count). The normalized spacial score (nSPS) is 12.1. The van der Waals surface area contributed by atoms with Crippen molar-refractivity contribution in [2.24, 2.45) is 23.3 Å². The number of rotatable bonds is 37. The van der Waals surface area contributed by atoms with Gasteiger partial charge in [-0.05, 0) is 163 Å². The Kier molecular flexibility index (Phi) is 73.0. The fourth-order valence-corrected chi connectivity index (χ4v) is 10.1. The quantitative estimate of drug-likeness (QED) is 0.0330. The lowest BCUT2D eigenvalue weighted by atomic mass is 10.1. The molecule has 38 heteroatoms. The first-order valence-electron chi connectivity index (χ1n) is 30.8. The lowest BCUT2D eigenvalue weighted by Crippen LogP contribution is -2.42. The van der Waals surface area contributed by atoms with E-state index in [1.165, 1.54) is 0 Å². The average molecular weight is 1450 g/mol. The number of urea groups is 3. The van der Waals surface area contributed by atoms with Gasteiger partial charge in [0.05, 0.1) is 6.16 Å². The highest BCUT2D eigenvalue weighted by molar-refractivity contribution is 7.58. The van der Waals surface area contributed by atoms with Crippen LogP contribution in [-0.2, 0) is 77.9 Å². The Morgan fingerprint density at radius 3 is 1.09 bits per heavy atom. The van der Waals surface area contributed by atoms with Crippen LogP contribution in [0.3, 0.4) is 0 Å². The molecule has 6 amide bonds. The predicted molar refractivity (Wildman–Crippen MR) is 355 cm³/mol. The van der Waals surface area contributed by atoms with Crippen molar-refractivity contribution in [1.29, 1.82) is 0 Å². The molecule has 36 nitrogen and oxygen atoms in total. The number of anilines is 1. The molecule has 0 aliphatic heterocycles. The van der Waals surface area contributed by atoms with Gasteiger partial charge in [0.15, 0.2) is 0 Å². The summed E-state index contributed by atoms with van der Waals surface area (Å²) in [5, 5.41) is 65.3. The largest absolute Gasteiger partial charge is 0.481 e. The molecule has 0 fully saturated rings. The second-order valence-electron chi connectivity index (χ2n) is 23.7. The molecular weight excluding hydrogens is 1340 g/mol. The molecule has 1 aromatic rings. The van der Waals surface area contributed by atoms with Crippen LogP contribution >= 0.6 is 15.0 Å². The van der Waals surface area contributed by atoms with Crippen LogP contribution < -0.4 is 54.0 Å². The van der Waals surface area contributed by atoms with Gasteiger partial charge >= 0.3 is 80.1 Å². The first-order valence-corrected chi connectivity index (χ1v) is 34.7. The zero-order chi connectivity index (χ0) is 77.9. The number of hydrogen-bond acceptors (Lipinski definition) is 22. The Bertz CT molecular complexity index is 2510. The minimum atomic E-state index is -3.97. The van der Waals surface area contributed by atoms with E-state index in [0.717, 1.165) is 43.5 Å². The van der Waals surface area contributed by atoms with Crippen LogP contribution in [0.4, 0.5) is 20.1 Å². The molecule has 1 aromatic carbocycles. The van der Waals surface area contributed by atoms with Crippen LogP contribution in [0.15, 0.2) is 24.3 Å². The van der Waals surface area contributed by atoms with E-state index >= 15 is 0 Å². The molecule has 0 heterocycles. The molecular formula is C60H110N10O26P2. The highest BCUT2D eigenvalue weighted by Gasteiger charge is 2.22. The van der Waals surface area contributed by atoms with Crippen LogP contribution in [0.25, 0.3) is 0 Å². The fraction of sp³-hybridized carbons (Fsp3) is 0.700. The summed E-state index contributed by atoms with van der Waals surface area (Å²) in [5.41, 5.74) is 12.8. The van der Waals surface area contributed by atoms with E-state index in [2.05, 4.69) is 84.1 Å². The molecule has 0 saturated carbocycles. The zero-order valence-electron chi connectivity index (χ0n) is 58.1. The third kappa shape index (κ3) is 104. The summed E-state index contributed by atoms with van der Waals surface area (Å²) >= 11 is 0. The van der Waals surface area contributed by atoms with Crippen LogP contribution in [-0.4, -0.2) is 200 Å². The van der Waals surface area contributed by atoms with Gasteiger partial charge in [0.1, 0.15) is 0 Å². The summed E-state index contributed by atoms with van der Waals surface area (Å²) in [4.78, 5) is 177. The lowest BCUT2D eigenvalue weighted by molar-refractivity contribution is -0.193. The summed E-state index contributed by atoms with van der Waals surface area (Å²) < 4.78 is 22.0. The van der Waals surface area contributed by atoms with Crippen LogP contribution in [0.1, 0.15) is 172 Å².